The van der Waals surface area contributed by atoms with E-state index in [4.69, 9.17) is 0 Å². The number of aromatic nitrogens is 3. The van der Waals surface area contributed by atoms with Gasteiger partial charge in [-0.1, -0.05) is 0 Å². The molecule has 3 rings (SSSR count). The molecule has 2 aromatic rings. The van der Waals surface area contributed by atoms with Crippen molar-refractivity contribution in [1.29, 1.82) is 0 Å². The highest BCUT2D eigenvalue weighted by molar-refractivity contribution is 5.44. The van der Waals surface area contributed by atoms with Crippen LogP contribution in [0.2, 0.25) is 0 Å². The van der Waals surface area contributed by atoms with E-state index in [1.54, 1.807) is 6.20 Å². The van der Waals surface area contributed by atoms with Crippen molar-refractivity contribution in [1.82, 2.24) is 19.9 Å². The first kappa shape index (κ1) is 12.2. The van der Waals surface area contributed by atoms with Crippen LogP contribution in [-0.2, 0) is 0 Å². The number of piperidine rings is 1. The van der Waals surface area contributed by atoms with Crippen molar-refractivity contribution in [2.24, 2.45) is 0 Å². The molecule has 1 aliphatic heterocycles. The quantitative estimate of drug-likeness (QED) is 0.879. The van der Waals surface area contributed by atoms with Gasteiger partial charge in [-0.05, 0) is 38.4 Å². The van der Waals surface area contributed by atoms with Crippen molar-refractivity contribution in [2.75, 3.05) is 18.4 Å². The third-order valence-corrected chi connectivity index (χ3v) is 3.49. The Bertz CT molecular complexity index is 525. The van der Waals surface area contributed by atoms with Gasteiger partial charge in [0.05, 0.1) is 11.9 Å². The molecule has 0 aromatic carbocycles. The van der Waals surface area contributed by atoms with Crippen LogP contribution in [0.1, 0.15) is 18.7 Å². The maximum Gasteiger partial charge on any atom is 0.138 e. The lowest BCUT2D eigenvalue weighted by atomic mass is 10.1. The van der Waals surface area contributed by atoms with Crippen LogP contribution in [-0.4, -0.2) is 33.7 Å². The lowest BCUT2D eigenvalue weighted by molar-refractivity contribution is 0.480. The molecule has 1 saturated heterocycles. The number of hydrogen-bond acceptors (Lipinski definition) is 4. The second-order valence-electron chi connectivity index (χ2n) is 4.94. The molecule has 1 atom stereocenters. The number of nitrogens with one attached hydrogen (secondary N) is 2. The van der Waals surface area contributed by atoms with Crippen molar-refractivity contribution < 1.29 is 0 Å². The Morgan fingerprint density at radius 1 is 1.37 bits per heavy atom. The molecular formula is C14H19N5. The molecule has 0 aliphatic carbocycles. The highest BCUT2D eigenvalue weighted by Gasteiger charge is 2.12. The Labute approximate surface area is 113 Å². The van der Waals surface area contributed by atoms with Gasteiger partial charge in [0.25, 0.3) is 0 Å². The van der Waals surface area contributed by atoms with Gasteiger partial charge in [0.15, 0.2) is 0 Å². The molecule has 2 aromatic heterocycles. The fraction of sp³-hybridized carbons (Fsp3) is 0.429. The van der Waals surface area contributed by atoms with Crippen molar-refractivity contribution >= 4 is 5.69 Å². The number of nitrogens with zero attached hydrogens (tertiary/aromatic N) is 3. The van der Waals surface area contributed by atoms with E-state index in [9.17, 15) is 0 Å². The van der Waals surface area contributed by atoms with E-state index in [1.165, 1.54) is 12.8 Å². The van der Waals surface area contributed by atoms with Crippen LogP contribution in [0.25, 0.3) is 5.82 Å². The summed E-state index contributed by atoms with van der Waals surface area (Å²) in [5.74, 6) is 1.85. The van der Waals surface area contributed by atoms with Crippen molar-refractivity contribution in [2.45, 2.75) is 25.8 Å². The fourth-order valence-electron chi connectivity index (χ4n) is 2.44. The third kappa shape index (κ3) is 2.76. The summed E-state index contributed by atoms with van der Waals surface area (Å²) in [7, 11) is 0. The van der Waals surface area contributed by atoms with Crippen LogP contribution in [0, 0.1) is 6.92 Å². The van der Waals surface area contributed by atoms with E-state index < -0.39 is 0 Å². The second-order valence-corrected chi connectivity index (χ2v) is 4.94. The predicted molar refractivity (Wildman–Crippen MR) is 75.6 cm³/mol. The maximum atomic E-state index is 4.49. The molecule has 3 heterocycles. The molecule has 5 heteroatoms. The first-order valence-corrected chi connectivity index (χ1v) is 6.76. The maximum absolute atomic E-state index is 4.49. The van der Waals surface area contributed by atoms with E-state index in [1.807, 2.05) is 30.0 Å². The molecule has 1 unspecified atom stereocenters. The summed E-state index contributed by atoms with van der Waals surface area (Å²) < 4.78 is 1.98. The summed E-state index contributed by atoms with van der Waals surface area (Å²) in [5, 5.41) is 6.92. The van der Waals surface area contributed by atoms with Gasteiger partial charge >= 0.3 is 0 Å². The zero-order chi connectivity index (χ0) is 13.1. The summed E-state index contributed by atoms with van der Waals surface area (Å²) in [6.45, 7) is 4.14. The summed E-state index contributed by atoms with van der Waals surface area (Å²) in [4.78, 5) is 8.70. The van der Waals surface area contributed by atoms with Crippen LogP contribution in [0.15, 0.2) is 30.7 Å². The standard InChI is InChI=1S/C14H19N5/c1-11-16-7-8-19(11)14-5-4-13(10-17-14)18-12-3-2-6-15-9-12/h4-5,7-8,10,12,15,18H,2-3,6,9H2,1H3. The first-order chi connectivity index (χ1) is 9.33. The molecule has 0 radical (unpaired) electrons. The zero-order valence-corrected chi connectivity index (χ0v) is 11.1. The largest absolute Gasteiger partial charge is 0.380 e. The minimum absolute atomic E-state index is 0.511. The highest BCUT2D eigenvalue weighted by atomic mass is 15.1. The molecule has 19 heavy (non-hydrogen) atoms. The fourth-order valence-corrected chi connectivity index (χ4v) is 2.44. The summed E-state index contributed by atoms with van der Waals surface area (Å²) >= 11 is 0. The van der Waals surface area contributed by atoms with Gasteiger partial charge < -0.3 is 10.6 Å². The topological polar surface area (TPSA) is 54.8 Å². The van der Waals surface area contributed by atoms with Crippen LogP contribution in [0.5, 0.6) is 0 Å². The van der Waals surface area contributed by atoms with Gasteiger partial charge in [0.1, 0.15) is 11.6 Å². The van der Waals surface area contributed by atoms with Crippen LogP contribution < -0.4 is 10.6 Å². The van der Waals surface area contributed by atoms with Crippen LogP contribution in [0.3, 0.4) is 0 Å². The minimum atomic E-state index is 0.511. The summed E-state index contributed by atoms with van der Waals surface area (Å²) in [6.07, 6.45) is 8.06. The number of imidazole rings is 1. The predicted octanol–water partition coefficient (Wildman–Crippen LogP) is 1.74. The molecule has 1 aliphatic rings. The minimum Gasteiger partial charge on any atom is -0.380 e. The summed E-state index contributed by atoms with van der Waals surface area (Å²) in [5.41, 5.74) is 1.08. The Morgan fingerprint density at radius 3 is 2.95 bits per heavy atom. The Morgan fingerprint density at radius 2 is 2.32 bits per heavy atom. The number of pyridine rings is 1. The average Bonchev–Trinajstić information content (AvgIpc) is 2.87. The van der Waals surface area contributed by atoms with Gasteiger partial charge in [-0.15, -0.1) is 0 Å². The Kier molecular flexibility index (Phi) is 3.46. The number of rotatable bonds is 3. The van der Waals surface area contributed by atoms with Gasteiger partial charge in [0, 0.05) is 25.0 Å². The van der Waals surface area contributed by atoms with E-state index in [0.29, 0.717) is 6.04 Å². The van der Waals surface area contributed by atoms with Crippen molar-refractivity contribution in [3.8, 4) is 5.82 Å². The van der Waals surface area contributed by atoms with E-state index in [2.05, 4.69) is 26.7 Å². The second kappa shape index (κ2) is 5.40. The van der Waals surface area contributed by atoms with Crippen molar-refractivity contribution in [3.63, 3.8) is 0 Å². The van der Waals surface area contributed by atoms with Gasteiger partial charge in [-0.2, -0.15) is 0 Å². The molecule has 0 saturated carbocycles. The monoisotopic (exact) mass is 257 g/mol. The van der Waals surface area contributed by atoms with Crippen molar-refractivity contribution in [3.05, 3.63) is 36.5 Å². The van der Waals surface area contributed by atoms with Gasteiger partial charge in [-0.3, -0.25) is 4.57 Å². The molecule has 5 nitrogen and oxygen atoms in total. The smallest absolute Gasteiger partial charge is 0.138 e. The molecule has 1 fully saturated rings. The molecule has 0 bridgehead atoms. The molecule has 0 spiro atoms. The molecule has 100 valence electrons. The van der Waals surface area contributed by atoms with Gasteiger partial charge in [0.2, 0.25) is 0 Å². The molecular weight excluding hydrogens is 238 g/mol. The number of anilines is 1. The average molecular weight is 257 g/mol. The van der Waals surface area contributed by atoms with E-state index >= 15 is 0 Å². The Balaban J connectivity index is 1.70. The SMILES string of the molecule is Cc1nccn1-c1ccc(NC2CCCNC2)cn1. The Hall–Kier alpha value is -1.88. The number of hydrogen-bond donors (Lipinski definition) is 2. The third-order valence-electron chi connectivity index (χ3n) is 3.49. The van der Waals surface area contributed by atoms with Crippen LogP contribution in [0.4, 0.5) is 5.69 Å². The lowest BCUT2D eigenvalue weighted by Gasteiger charge is -2.24. The van der Waals surface area contributed by atoms with E-state index in [0.717, 1.165) is 30.4 Å². The highest BCUT2D eigenvalue weighted by Crippen LogP contribution is 2.14. The number of aryl methyl sites for hydroxylation is 1. The summed E-state index contributed by atoms with van der Waals surface area (Å²) in [6, 6.07) is 4.61. The van der Waals surface area contributed by atoms with Crippen LogP contribution >= 0.6 is 0 Å². The van der Waals surface area contributed by atoms with E-state index in [-0.39, 0.29) is 0 Å². The van der Waals surface area contributed by atoms with Gasteiger partial charge in [-0.25, -0.2) is 9.97 Å². The zero-order valence-electron chi connectivity index (χ0n) is 11.1. The first-order valence-electron chi connectivity index (χ1n) is 6.76. The molecule has 0 amide bonds. The normalized spacial score (nSPS) is 19.3. The molecule has 2 N–H and O–H groups in total. The lowest BCUT2D eigenvalue weighted by Crippen LogP contribution is -2.38.